The van der Waals surface area contributed by atoms with E-state index in [1.54, 1.807) is 64.4 Å². The molecule has 6 aromatic rings. The van der Waals surface area contributed by atoms with Gasteiger partial charge in [-0.05, 0) is 119 Å². The van der Waals surface area contributed by atoms with Gasteiger partial charge in [-0.2, -0.15) is 0 Å². The molecule has 21 heteroatoms. The summed E-state index contributed by atoms with van der Waals surface area (Å²) in [5.41, 5.74) is 2.87. The van der Waals surface area contributed by atoms with E-state index < -0.39 is 35.3 Å². The second kappa shape index (κ2) is 27.2. The van der Waals surface area contributed by atoms with Crippen LogP contribution in [0.4, 0.5) is 8.78 Å². The summed E-state index contributed by atoms with van der Waals surface area (Å²) in [5.74, 6) is 0.739. The third-order valence-electron chi connectivity index (χ3n) is 14.2. The summed E-state index contributed by atoms with van der Waals surface area (Å²) in [6.45, 7) is 15.7. The van der Waals surface area contributed by atoms with E-state index in [1.165, 1.54) is 29.8 Å². The summed E-state index contributed by atoms with van der Waals surface area (Å²) >= 11 is 16.2. The van der Waals surface area contributed by atoms with E-state index in [2.05, 4.69) is 21.8 Å². The van der Waals surface area contributed by atoms with Crippen LogP contribution in [0.1, 0.15) is 68.2 Å². The van der Waals surface area contributed by atoms with E-state index in [4.69, 9.17) is 80.8 Å². The minimum atomic E-state index is -1.53. The van der Waals surface area contributed by atoms with Crippen molar-refractivity contribution in [3.63, 3.8) is 0 Å². The van der Waals surface area contributed by atoms with Crippen LogP contribution >= 0.6 is 34.5 Å². The van der Waals surface area contributed by atoms with Crippen molar-refractivity contribution in [3.05, 3.63) is 111 Å². The normalized spacial score (nSPS) is 19.1. The zero-order valence-electron chi connectivity index (χ0n) is 46.9. The Bertz CT molecular complexity index is 3150. The Labute approximate surface area is 485 Å². The topological polar surface area (TPSA) is 158 Å². The molecule has 6 heterocycles. The first-order valence-electron chi connectivity index (χ1n) is 27.3. The van der Waals surface area contributed by atoms with Crippen LogP contribution in [-0.4, -0.2) is 159 Å². The Morgan fingerprint density at radius 3 is 2.30 bits per heavy atom. The van der Waals surface area contributed by atoms with E-state index in [1.807, 2.05) is 26.0 Å². The van der Waals surface area contributed by atoms with E-state index in [0.717, 1.165) is 36.6 Å². The number of alkyl halides is 1. The fourth-order valence-corrected chi connectivity index (χ4v) is 11.6. The molecule has 434 valence electrons. The molecular weight excluding hydrogens is 1110 g/mol. The molecule has 1 saturated heterocycles. The van der Waals surface area contributed by atoms with Crippen molar-refractivity contribution in [3.8, 4) is 44.7 Å². The van der Waals surface area contributed by atoms with Crippen LogP contribution in [-0.2, 0) is 41.5 Å². The third kappa shape index (κ3) is 15.3. The first kappa shape index (κ1) is 60.0. The number of piperazine rings is 1. The van der Waals surface area contributed by atoms with Gasteiger partial charge in [0.05, 0.1) is 67.4 Å². The molecule has 3 aromatic carbocycles. The number of carbonyl (C=O) groups excluding carboxylic acids is 1. The number of methoxy groups -OCH3 is 1. The molecule has 81 heavy (non-hydrogen) atoms. The number of benzene rings is 3. The van der Waals surface area contributed by atoms with Crippen molar-refractivity contribution in [2.45, 2.75) is 90.4 Å². The maximum Gasteiger partial charge on any atom is 0.348 e. The van der Waals surface area contributed by atoms with Crippen LogP contribution < -0.4 is 18.9 Å². The lowest BCUT2D eigenvalue weighted by Gasteiger charge is -2.35. The lowest BCUT2D eigenvalue weighted by Crippen LogP contribution is -2.49. The van der Waals surface area contributed by atoms with Crippen LogP contribution in [0.2, 0.25) is 10.0 Å². The number of hydrogen-bond donors (Lipinski definition) is 0. The Balaban J connectivity index is 1.04. The van der Waals surface area contributed by atoms with Gasteiger partial charge in [-0.15, -0.1) is 11.3 Å². The average Bonchev–Trinajstić information content (AvgIpc) is 3.23. The number of allylic oxidation sites excluding steroid dienone is 2. The molecule has 0 saturated carbocycles. The minimum absolute atomic E-state index is 0.0194. The molecule has 3 aliphatic heterocycles. The van der Waals surface area contributed by atoms with Gasteiger partial charge in [-0.25, -0.2) is 33.5 Å². The highest BCUT2D eigenvalue weighted by atomic mass is 35.5. The van der Waals surface area contributed by atoms with Crippen LogP contribution in [0.3, 0.4) is 0 Å². The fourth-order valence-electron chi connectivity index (χ4n) is 9.90. The number of halogens is 4. The lowest BCUT2D eigenvalue weighted by atomic mass is 9.87. The summed E-state index contributed by atoms with van der Waals surface area (Å²) in [4.78, 5) is 39.4. The molecule has 0 N–H and O–H groups in total. The van der Waals surface area contributed by atoms with Gasteiger partial charge in [0, 0.05) is 74.9 Å². The zero-order valence-corrected chi connectivity index (χ0v) is 49.2. The van der Waals surface area contributed by atoms with Gasteiger partial charge < -0.3 is 47.5 Å². The predicted molar refractivity (Wildman–Crippen MR) is 308 cm³/mol. The number of fused-ring (bicyclic) bond motifs is 7. The van der Waals surface area contributed by atoms with Crippen LogP contribution in [0.25, 0.3) is 37.4 Å². The van der Waals surface area contributed by atoms with E-state index in [9.17, 15) is 9.18 Å². The Hall–Kier alpha value is -5.61. The number of rotatable bonds is 19. The number of thiophene rings is 1. The molecule has 0 spiro atoms. The second-order valence-corrected chi connectivity index (χ2v) is 23.3. The van der Waals surface area contributed by atoms with Gasteiger partial charge in [0.15, 0.2) is 11.6 Å². The maximum absolute atomic E-state index is 15.9. The summed E-state index contributed by atoms with van der Waals surface area (Å²) < 4.78 is 85.2. The van der Waals surface area contributed by atoms with Crippen molar-refractivity contribution >= 4 is 56.3 Å². The predicted octanol–water partition coefficient (Wildman–Crippen LogP) is 11.1. The first-order valence-corrected chi connectivity index (χ1v) is 28.8. The van der Waals surface area contributed by atoms with Crippen molar-refractivity contribution in [2.24, 2.45) is 0 Å². The zero-order chi connectivity index (χ0) is 57.3. The molecule has 10 rings (SSSR count). The summed E-state index contributed by atoms with van der Waals surface area (Å²) in [5, 5.41) is 1.09. The highest BCUT2D eigenvalue weighted by Crippen LogP contribution is 2.53. The molecule has 0 unspecified atom stereocenters. The maximum atomic E-state index is 15.9. The highest BCUT2D eigenvalue weighted by molar-refractivity contribution is 7.22. The van der Waals surface area contributed by atoms with Crippen LogP contribution in [0, 0.1) is 19.7 Å². The summed E-state index contributed by atoms with van der Waals surface area (Å²) in [7, 11) is 3.72. The quantitative estimate of drug-likeness (QED) is 0.0556. The van der Waals surface area contributed by atoms with Gasteiger partial charge >= 0.3 is 5.97 Å². The Morgan fingerprint density at radius 1 is 0.889 bits per heavy atom. The number of carbonyl (C=O) groups is 1. The largest absolute Gasteiger partial charge is 0.490 e. The van der Waals surface area contributed by atoms with E-state index >= 15 is 4.39 Å². The van der Waals surface area contributed by atoms with Crippen molar-refractivity contribution < 1.29 is 56.2 Å². The molecule has 4 aliphatic rings. The van der Waals surface area contributed by atoms with Gasteiger partial charge in [0.1, 0.15) is 59.1 Å². The van der Waals surface area contributed by atoms with Crippen LogP contribution in [0.5, 0.6) is 23.1 Å². The van der Waals surface area contributed by atoms with Gasteiger partial charge in [-0.3, -0.25) is 4.90 Å². The standard InChI is InChI=1S/C60H70Cl2F2N6O10S/c1-37-48-38(2)52(62)53(51(37)61)78-45(32-70-22-20-69(6)21-23-70)34-76-44-12-13-46(77-33-43-16-19-65-55(68-43)40-14-17-60(64,18-15-40)35-75-29-28-74-27-26-73-25-24-72-7)41(30-44)31-47(58(71)80-59(3,4)5)79-56-50-49(48)54(81-57(50)67-36-66-56)39-8-10-42(63)11-9-39/h8-14,16,19,30,36,45,47H,15,17-18,20-29,31-35H2,1-7H3/t45-,47-,60+/m1/s1. The molecule has 1 fully saturated rings. The fraction of sp³-hybridized carbons (Fsp3) is 0.483. The van der Waals surface area contributed by atoms with E-state index in [0.29, 0.717) is 128 Å². The van der Waals surface area contributed by atoms with Crippen molar-refractivity contribution in [1.82, 2.24) is 29.7 Å². The summed E-state index contributed by atoms with van der Waals surface area (Å²) in [6.07, 6.45) is 3.79. The molecule has 0 radical (unpaired) electrons. The highest BCUT2D eigenvalue weighted by Gasteiger charge is 2.35. The average molecular weight is 1180 g/mol. The van der Waals surface area contributed by atoms with E-state index in [-0.39, 0.29) is 51.6 Å². The molecule has 4 bridgehead atoms. The molecule has 1 aliphatic carbocycles. The molecule has 3 aromatic heterocycles. The minimum Gasteiger partial charge on any atom is -0.490 e. The monoisotopic (exact) mass is 1170 g/mol. The number of ether oxygens (including phenoxy) is 9. The second-order valence-electron chi connectivity index (χ2n) is 21.5. The van der Waals surface area contributed by atoms with Crippen LogP contribution in [0.15, 0.2) is 67.1 Å². The van der Waals surface area contributed by atoms with Crippen molar-refractivity contribution in [1.29, 1.82) is 0 Å². The molecule has 16 nitrogen and oxygen atoms in total. The van der Waals surface area contributed by atoms with Gasteiger partial charge in [0.25, 0.3) is 0 Å². The number of nitrogens with zero attached hydrogens (tertiary/aromatic N) is 6. The third-order valence-corrected chi connectivity index (χ3v) is 16.3. The summed E-state index contributed by atoms with van der Waals surface area (Å²) in [6, 6.07) is 13.4. The SMILES string of the molecule is COCCOCCOCCOC[C@]1(F)CC=C(c2nccc(COc3ccc4cc3C[C@H](C(=O)OC(C)(C)C)Oc3ncnc5sc(-c6ccc(F)cc6)c(c35)-c3c(C)c(Cl)c(c(Cl)c3C)O[C@H](CN3CCN(C)CC3)CO4)n2)CC1. The Kier molecular flexibility index (Phi) is 20.1. The number of esters is 1. The molecular formula is C60H70Cl2F2N6O10S. The Morgan fingerprint density at radius 2 is 1.60 bits per heavy atom. The number of hydrogen-bond acceptors (Lipinski definition) is 17. The smallest absolute Gasteiger partial charge is 0.348 e. The lowest BCUT2D eigenvalue weighted by molar-refractivity contribution is -0.163. The number of aromatic nitrogens is 4. The van der Waals surface area contributed by atoms with Crippen molar-refractivity contribution in [2.75, 3.05) is 99.7 Å². The molecule has 3 atom stereocenters. The van der Waals surface area contributed by atoms with Gasteiger partial charge in [-0.1, -0.05) is 41.4 Å². The number of likely N-dealkylation sites (N-methyl/N-ethyl adjacent to an activating group) is 1. The molecule has 0 amide bonds. The van der Waals surface area contributed by atoms with Gasteiger partial charge in [0.2, 0.25) is 12.0 Å². The first-order chi connectivity index (χ1) is 39.0.